The number of nitrogens with one attached hydrogen (secondary N) is 1. The third kappa shape index (κ3) is 4.24. The predicted molar refractivity (Wildman–Crippen MR) is 124 cm³/mol. The lowest BCUT2D eigenvalue weighted by molar-refractivity contribution is 0.337. The minimum Gasteiger partial charge on any atom is -0.486 e. The summed E-state index contributed by atoms with van der Waals surface area (Å²) in [4.78, 5) is 5.23. The fourth-order valence-corrected chi connectivity index (χ4v) is 4.30. The maximum absolute atomic E-state index is 6.02. The lowest BCUT2D eigenvalue weighted by Crippen LogP contribution is -2.57. The molecule has 0 aromatic heterocycles. The number of hydrogen-bond donors (Lipinski definition) is 1. The summed E-state index contributed by atoms with van der Waals surface area (Å²) in [6, 6.07) is 9.93. The zero-order valence-corrected chi connectivity index (χ0v) is 18.4. The standard InChI is InChI=1S/C26H34N2O/c1-6-8-14-21(7-2)25(4)26(5,22-15-12-13-20(3)18-22)28-24(27-25)19-29-23-16-10-9-11-17-23/h7-17,20H,6,18-19H2,1-5H3,(H,27,28)/b14-8-,21-7+/t20?,25-,26+/m0/s1. The number of amidine groups is 1. The summed E-state index contributed by atoms with van der Waals surface area (Å²) >= 11 is 0. The van der Waals surface area contributed by atoms with Crippen LogP contribution in [0.4, 0.5) is 0 Å². The highest BCUT2D eigenvalue weighted by atomic mass is 16.5. The quantitative estimate of drug-likeness (QED) is 0.578. The van der Waals surface area contributed by atoms with Gasteiger partial charge in [0.15, 0.2) is 0 Å². The highest BCUT2D eigenvalue weighted by Crippen LogP contribution is 2.45. The number of para-hydroxylation sites is 1. The fraction of sp³-hybridized carbons (Fsp3) is 0.423. The Hall–Kier alpha value is -2.55. The monoisotopic (exact) mass is 390 g/mol. The van der Waals surface area contributed by atoms with Crippen molar-refractivity contribution in [2.45, 2.75) is 58.5 Å². The van der Waals surface area contributed by atoms with Gasteiger partial charge in [0.2, 0.25) is 0 Å². The summed E-state index contributed by atoms with van der Waals surface area (Å²) in [6.07, 6.45) is 15.4. The van der Waals surface area contributed by atoms with Gasteiger partial charge in [-0.1, -0.05) is 68.5 Å². The van der Waals surface area contributed by atoms with E-state index in [1.165, 1.54) is 11.1 Å². The Bertz CT molecular complexity index is 862. The molecule has 29 heavy (non-hydrogen) atoms. The Kier molecular flexibility index (Phi) is 6.46. The van der Waals surface area contributed by atoms with E-state index in [2.05, 4.69) is 76.4 Å². The van der Waals surface area contributed by atoms with Crippen molar-refractivity contribution in [3.05, 3.63) is 77.9 Å². The Morgan fingerprint density at radius 1 is 1.28 bits per heavy atom. The fourth-order valence-electron chi connectivity index (χ4n) is 4.30. The van der Waals surface area contributed by atoms with E-state index >= 15 is 0 Å². The second kappa shape index (κ2) is 8.86. The van der Waals surface area contributed by atoms with Gasteiger partial charge in [-0.05, 0) is 62.8 Å². The van der Waals surface area contributed by atoms with Crippen LogP contribution >= 0.6 is 0 Å². The molecule has 0 radical (unpaired) electrons. The first-order valence-electron chi connectivity index (χ1n) is 10.7. The Morgan fingerprint density at radius 3 is 2.69 bits per heavy atom. The van der Waals surface area contributed by atoms with E-state index in [1.807, 2.05) is 30.3 Å². The molecule has 154 valence electrons. The molecule has 1 N–H and O–H groups in total. The summed E-state index contributed by atoms with van der Waals surface area (Å²) in [7, 11) is 0. The molecule has 1 aliphatic heterocycles. The first-order chi connectivity index (χ1) is 13.9. The summed E-state index contributed by atoms with van der Waals surface area (Å²) in [5.41, 5.74) is 1.91. The van der Waals surface area contributed by atoms with E-state index in [0.29, 0.717) is 12.5 Å². The van der Waals surface area contributed by atoms with Crippen molar-refractivity contribution in [1.82, 2.24) is 5.32 Å². The third-order valence-corrected chi connectivity index (χ3v) is 6.17. The van der Waals surface area contributed by atoms with E-state index in [9.17, 15) is 0 Å². The molecule has 0 fully saturated rings. The zero-order valence-electron chi connectivity index (χ0n) is 18.4. The molecule has 2 aliphatic rings. The SMILES string of the molecule is C/C=C(\C=C/CC)[C@]1(C)NC(COc2ccccc2)=N[C@]1(C)C1=CC=CC(C)C1. The number of benzene rings is 1. The number of aliphatic imine (C=N–C) groups is 1. The number of ether oxygens (including phenoxy) is 1. The molecule has 1 heterocycles. The molecular weight excluding hydrogens is 356 g/mol. The van der Waals surface area contributed by atoms with Crippen molar-refractivity contribution in [2.75, 3.05) is 6.61 Å². The van der Waals surface area contributed by atoms with Crippen LogP contribution in [0, 0.1) is 5.92 Å². The third-order valence-electron chi connectivity index (χ3n) is 6.17. The minimum absolute atomic E-state index is 0.334. The number of allylic oxidation sites excluding steroid dienone is 5. The van der Waals surface area contributed by atoms with Gasteiger partial charge in [-0.25, -0.2) is 0 Å². The molecule has 3 atom stereocenters. The molecule has 0 amide bonds. The first kappa shape index (κ1) is 21.2. The summed E-state index contributed by atoms with van der Waals surface area (Å²) in [5.74, 6) is 2.28. The predicted octanol–water partition coefficient (Wildman–Crippen LogP) is 6.02. The summed E-state index contributed by atoms with van der Waals surface area (Å²) in [6.45, 7) is 11.5. The molecule has 0 spiro atoms. The molecule has 0 saturated carbocycles. The van der Waals surface area contributed by atoms with E-state index in [-0.39, 0.29) is 11.1 Å². The van der Waals surface area contributed by atoms with Crippen molar-refractivity contribution < 1.29 is 4.74 Å². The van der Waals surface area contributed by atoms with Gasteiger partial charge in [-0.2, -0.15) is 0 Å². The molecule has 3 rings (SSSR count). The second-order valence-electron chi connectivity index (χ2n) is 8.30. The van der Waals surface area contributed by atoms with Crippen LogP contribution in [0.15, 0.2) is 82.9 Å². The number of rotatable bonds is 7. The average Bonchev–Trinajstić information content (AvgIpc) is 3.00. The smallest absolute Gasteiger partial charge is 0.145 e. The van der Waals surface area contributed by atoms with Gasteiger partial charge in [0.25, 0.3) is 0 Å². The van der Waals surface area contributed by atoms with Crippen molar-refractivity contribution in [3.63, 3.8) is 0 Å². The van der Waals surface area contributed by atoms with Crippen LogP contribution in [-0.2, 0) is 0 Å². The van der Waals surface area contributed by atoms with Gasteiger partial charge >= 0.3 is 0 Å². The van der Waals surface area contributed by atoms with Crippen LogP contribution in [0.5, 0.6) is 5.75 Å². The van der Waals surface area contributed by atoms with E-state index in [0.717, 1.165) is 24.4 Å². The molecule has 1 aliphatic carbocycles. The van der Waals surface area contributed by atoms with Gasteiger partial charge in [-0.3, -0.25) is 4.99 Å². The highest BCUT2D eigenvalue weighted by molar-refractivity contribution is 5.89. The van der Waals surface area contributed by atoms with Crippen LogP contribution in [-0.4, -0.2) is 23.5 Å². The maximum Gasteiger partial charge on any atom is 0.145 e. The van der Waals surface area contributed by atoms with Crippen molar-refractivity contribution >= 4 is 5.84 Å². The van der Waals surface area contributed by atoms with Crippen LogP contribution in [0.25, 0.3) is 0 Å². The maximum atomic E-state index is 6.02. The molecule has 3 heteroatoms. The van der Waals surface area contributed by atoms with Crippen molar-refractivity contribution in [1.29, 1.82) is 0 Å². The topological polar surface area (TPSA) is 33.6 Å². The van der Waals surface area contributed by atoms with Crippen molar-refractivity contribution in [3.8, 4) is 5.75 Å². The Labute approximate surface area is 176 Å². The lowest BCUT2D eigenvalue weighted by Gasteiger charge is -2.43. The van der Waals surface area contributed by atoms with Gasteiger partial charge in [0.1, 0.15) is 23.7 Å². The normalized spacial score (nSPS) is 29.6. The first-order valence-corrected chi connectivity index (χ1v) is 10.7. The minimum atomic E-state index is -0.374. The van der Waals surface area contributed by atoms with Crippen LogP contribution in [0.3, 0.4) is 0 Å². The van der Waals surface area contributed by atoms with Crippen molar-refractivity contribution in [2.24, 2.45) is 10.9 Å². The largest absolute Gasteiger partial charge is 0.486 e. The highest BCUT2D eigenvalue weighted by Gasteiger charge is 2.53. The number of hydrogen-bond acceptors (Lipinski definition) is 3. The zero-order chi connectivity index (χ0) is 20.9. The molecule has 0 saturated heterocycles. The second-order valence-corrected chi connectivity index (χ2v) is 8.30. The van der Waals surface area contributed by atoms with E-state index in [4.69, 9.17) is 9.73 Å². The molecule has 3 nitrogen and oxygen atoms in total. The lowest BCUT2D eigenvalue weighted by atomic mass is 9.68. The molecule has 1 aromatic carbocycles. The molecule has 1 aromatic rings. The van der Waals surface area contributed by atoms with Gasteiger partial charge in [0.05, 0.1) is 5.54 Å². The van der Waals surface area contributed by atoms with Gasteiger partial charge in [-0.15, -0.1) is 0 Å². The van der Waals surface area contributed by atoms with E-state index < -0.39 is 0 Å². The summed E-state index contributed by atoms with van der Waals surface area (Å²) in [5, 5.41) is 3.74. The summed E-state index contributed by atoms with van der Waals surface area (Å²) < 4.78 is 6.02. The van der Waals surface area contributed by atoms with Crippen LogP contribution < -0.4 is 10.1 Å². The molecule has 0 bridgehead atoms. The number of nitrogens with zero attached hydrogens (tertiary/aromatic N) is 1. The van der Waals surface area contributed by atoms with Gasteiger partial charge in [0, 0.05) is 0 Å². The average molecular weight is 391 g/mol. The van der Waals surface area contributed by atoms with Gasteiger partial charge < -0.3 is 10.1 Å². The Morgan fingerprint density at radius 2 is 2.03 bits per heavy atom. The van der Waals surface area contributed by atoms with Crippen LogP contribution in [0.1, 0.15) is 47.5 Å². The van der Waals surface area contributed by atoms with Crippen LogP contribution in [0.2, 0.25) is 0 Å². The molecule has 1 unspecified atom stereocenters. The van der Waals surface area contributed by atoms with E-state index in [1.54, 1.807) is 0 Å². The molecular formula is C26H34N2O. The Balaban J connectivity index is 1.95.